The first-order valence-corrected chi connectivity index (χ1v) is 10.7. The Balaban J connectivity index is 1.58. The first kappa shape index (κ1) is 17.7. The lowest BCUT2D eigenvalue weighted by atomic mass is 10.2. The molecule has 1 saturated heterocycles. The Morgan fingerprint density at radius 3 is 2.48 bits per heavy atom. The molecule has 1 unspecified atom stereocenters. The van der Waals surface area contributed by atoms with Crippen molar-refractivity contribution in [3.05, 3.63) is 42.1 Å². The number of nitrogens with one attached hydrogen (secondary N) is 2. The van der Waals surface area contributed by atoms with Gasteiger partial charge in [-0.05, 0) is 31.4 Å². The molecular formula is C18H20N4O4S. The minimum atomic E-state index is -3.09. The Kier molecular flexibility index (Phi) is 4.47. The second kappa shape index (κ2) is 6.80. The summed E-state index contributed by atoms with van der Waals surface area (Å²) in [6.45, 7) is 0. The van der Waals surface area contributed by atoms with Crippen LogP contribution in [0.5, 0.6) is 0 Å². The first-order chi connectivity index (χ1) is 12.9. The highest BCUT2D eigenvalue weighted by Gasteiger charge is 2.32. The summed E-state index contributed by atoms with van der Waals surface area (Å²) in [5.41, 5.74) is 0.848. The van der Waals surface area contributed by atoms with E-state index >= 15 is 0 Å². The third-order valence-corrected chi connectivity index (χ3v) is 6.48. The summed E-state index contributed by atoms with van der Waals surface area (Å²) in [6.07, 6.45) is 2.14. The van der Waals surface area contributed by atoms with Gasteiger partial charge in [0.15, 0.2) is 15.5 Å². The molecule has 1 aliphatic heterocycles. The predicted octanol–water partition coefficient (Wildman–Crippen LogP) is 1.14. The molecule has 142 valence electrons. The van der Waals surface area contributed by atoms with Gasteiger partial charge in [0.25, 0.3) is 5.91 Å². The highest BCUT2D eigenvalue weighted by Crippen LogP contribution is 2.30. The monoisotopic (exact) mass is 388 g/mol. The van der Waals surface area contributed by atoms with Crippen molar-refractivity contribution in [1.82, 2.24) is 15.1 Å². The quantitative estimate of drug-likeness (QED) is 0.798. The number of carbonyl (C=O) groups excluding carboxylic acids is 2. The van der Waals surface area contributed by atoms with E-state index in [0.717, 1.165) is 12.8 Å². The van der Waals surface area contributed by atoms with Crippen molar-refractivity contribution in [1.29, 1.82) is 0 Å². The zero-order chi connectivity index (χ0) is 19.0. The number of aromatic nitrogens is 2. The number of rotatable bonds is 5. The number of nitrogens with zero attached hydrogens (tertiary/aromatic N) is 2. The molecule has 2 fully saturated rings. The van der Waals surface area contributed by atoms with Gasteiger partial charge in [0.05, 0.1) is 17.2 Å². The van der Waals surface area contributed by atoms with Gasteiger partial charge in [0.2, 0.25) is 5.91 Å². The first-order valence-electron chi connectivity index (χ1n) is 8.89. The number of hydrogen-bond acceptors (Lipinski definition) is 5. The Hall–Kier alpha value is -2.68. The Morgan fingerprint density at radius 1 is 1.11 bits per heavy atom. The van der Waals surface area contributed by atoms with Crippen molar-refractivity contribution in [2.75, 3.05) is 16.8 Å². The fourth-order valence-corrected chi connectivity index (χ4v) is 4.76. The maximum absolute atomic E-state index is 12.5. The lowest BCUT2D eigenvalue weighted by molar-refractivity contribution is -0.117. The fraction of sp³-hybridized carbons (Fsp3) is 0.389. The Morgan fingerprint density at radius 2 is 1.85 bits per heavy atom. The number of hydrogen-bond donors (Lipinski definition) is 2. The maximum atomic E-state index is 12.5. The average molecular weight is 388 g/mol. The standard InChI is InChI=1S/C18H20N4O4S/c23-17(12-6-7-12)20-16-10-15(21-22(16)14-4-2-1-3-5-14)18(24)19-13-8-9-27(25,26)11-13/h1-5,10,12-13H,6-9,11H2,(H,19,24)(H,20,23). The van der Waals surface area contributed by atoms with E-state index in [1.54, 1.807) is 0 Å². The van der Waals surface area contributed by atoms with Crippen LogP contribution in [0.4, 0.5) is 5.82 Å². The van der Waals surface area contributed by atoms with E-state index < -0.39 is 21.8 Å². The van der Waals surface area contributed by atoms with Crippen LogP contribution in [0.15, 0.2) is 36.4 Å². The predicted molar refractivity (Wildman–Crippen MR) is 99.4 cm³/mol. The van der Waals surface area contributed by atoms with Gasteiger partial charge in [0, 0.05) is 18.0 Å². The van der Waals surface area contributed by atoms with E-state index in [9.17, 15) is 18.0 Å². The van der Waals surface area contributed by atoms with Gasteiger partial charge in [-0.3, -0.25) is 9.59 Å². The molecule has 0 spiro atoms. The Labute approximate surface area is 156 Å². The largest absolute Gasteiger partial charge is 0.347 e. The Bertz CT molecular complexity index is 980. The summed E-state index contributed by atoms with van der Waals surface area (Å²) < 4.78 is 24.7. The number of benzene rings is 1. The summed E-state index contributed by atoms with van der Waals surface area (Å²) in [5.74, 6) is -0.0651. The van der Waals surface area contributed by atoms with Crippen LogP contribution >= 0.6 is 0 Å². The van der Waals surface area contributed by atoms with Gasteiger partial charge in [-0.2, -0.15) is 5.10 Å². The molecule has 1 aromatic heterocycles. The van der Waals surface area contributed by atoms with Crippen LogP contribution in [-0.4, -0.2) is 47.6 Å². The molecule has 1 saturated carbocycles. The summed E-state index contributed by atoms with van der Waals surface area (Å²) in [6, 6.07) is 10.3. The SMILES string of the molecule is O=C(NC1CCS(=O)(=O)C1)c1cc(NC(=O)C2CC2)n(-c2ccccc2)n1. The lowest BCUT2D eigenvalue weighted by Gasteiger charge is -2.09. The van der Waals surface area contributed by atoms with Crippen LogP contribution in [0.25, 0.3) is 5.69 Å². The van der Waals surface area contributed by atoms with E-state index in [-0.39, 0.29) is 29.0 Å². The van der Waals surface area contributed by atoms with E-state index in [0.29, 0.717) is 17.9 Å². The van der Waals surface area contributed by atoms with E-state index in [2.05, 4.69) is 15.7 Å². The summed E-state index contributed by atoms with van der Waals surface area (Å²) in [4.78, 5) is 24.7. The summed E-state index contributed by atoms with van der Waals surface area (Å²) in [5, 5.41) is 9.90. The molecule has 1 aromatic carbocycles. The minimum Gasteiger partial charge on any atom is -0.347 e. The van der Waals surface area contributed by atoms with Crippen molar-refractivity contribution in [3.63, 3.8) is 0 Å². The van der Waals surface area contributed by atoms with E-state index in [1.165, 1.54) is 10.7 Å². The van der Waals surface area contributed by atoms with E-state index in [4.69, 9.17) is 0 Å². The van der Waals surface area contributed by atoms with Crippen LogP contribution in [0.1, 0.15) is 29.8 Å². The van der Waals surface area contributed by atoms with Crippen molar-refractivity contribution >= 4 is 27.5 Å². The van der Waals surface area contributed by atoms with Gasteiger partial charge in [-0.1, -0.05) is 18.2 Å². The average Bonchev–Trinajstić information content (AvgIpc) is 3.33. The molecule has 27 heavy (non-hydrogen) atoms. The molecule has 9 heteroatoms. The zero-order valence-corrected chi connectivity index (χ0v) is 15.4. The molecule has 2 amide bonds. The molecule has 2 N–H and O–H groups in total. The fourth-order valence-electron chi connectivity index (χ4n) is 3.09. The van der Waals surface area contributed by atoms with Crippen molar-refractivity contribution in [2.24, 2.45) is 5.92 Å². The molecule has 4 rings (SSSR count). The molecule has 1 atom stereocenters. The molecule has 2 aliphatic rings. The topological polar surface area (TPSA) is 110 Å². The highest BCUT2D eigenvalue weighted by atomic mass is 32.2. The number of anilines is 1. The molecule has 0 radical (unpaired) electrons. The number of sulfone groups is 1. The molecule has 2 aromatic rings. The van der Waals surface area contributed by atoms with Crippen LogP contribution < -0.4 is 10.6 Å². The molecule has 8 nitrogen and oxygen atoms in total. The minimum absolute atomic E-state index is 0.0186. The van der Waals surface area contributed by atoms with Gasteiger partial charge in [-0.25, -0.2) is 13.1 Å². The van der Waals surface area contributed by atoms with Gasteiger partial charge in [-0.15, -0.1) is 0 Å². The molecule has 0 bridgehead atoms. The van der Waals surface area contributed by atoms with Crippen LogP contribution in [0.3, 0.4) is 0 Å². The lowest BCUT2D eigenvalue weighted by Crippen LogP contribution is -2.35. The van der Waals surface area contributed by atoms with Crippen LogP contribution in [-0.2, 0) is 14.6 Å². The summed E-state index contributed by atoms with van der Waals surface area (Å²) >= 11 is 0. The van der Waals surface area contributed by atoms with Crippen LogP contribution in [0, 0.1) is 5.92 Å². The number of para-hydroxylation sites is 1. The molecular weight excluding hydrogens is 368 g/mol. The van der Waals surface area contributed by atoms with E-state index in [1.807, 2.05) is 30.3 Å². The van der Waals surface area contributed by atoms with Crippen LogP contribution in [0.2, 0.25) is 0 Å². The third-order valence-electron chi connectivity index (χ3n) is 4.71. The maximum Gasteiger partial charge on any atom is 0.272 e. The number of amides is 2. The second-order valence-corrected chi connectivity index (χ2v) is 9.23. The zero-order valence-electron chi connectivity index (χ0n) is 14.6. The van der Waals surface area contributed by atoms with Gasteiger partial charge >= 0.3 is 0 Å². The molecule has 1 aliphatic carbocycles. The summed E-state index contributed by atoms with van der Waals surface area (Å²) in [7, 11) is -3.09. The molecule has 2 heterocycles. The number of carbonyl (C=O) groups is 2. The second-order valence-electron chi connectivity index (χ2n) is 7.00. The normalized spacial score (nSPS) is 21.0. The smallest absolute Gasteiger partial charge is 0.272 e. The third kappa shape index (κ3) is 4.02. The van der Waals surface area contributed by atoms with Gasteiger partial charge in [0.1, 0.15) is 5.82 Å². The van der Waals surface area contributed by atoms with Crippen molar-refractivity contribution in [3.8, 4) is 5.69 Å². The van der Waals surface area contributed by atoms with Gasteiger partial charge < -0.3 is 10.6 Å². The van der Waals surface area contributed by atoms with Crippen molar-refractivity contribution < 1.29 is 18.0 Å². The highest BCUT2D eigenvalue weighted by molar-refractivity contribution is 7.91. The van der Waals surface area contributed by atoms with Crippen molar-refractivity contribution in [2.45, 2.75) is 25.3 Å².